The lowest BCUT2D eigenvalue weighted by atomic mass is 10.1. The van der Waals surface area contributed by atoms with Gasteiger partial charge in [0.25, 0.3) is 5.91 Å². The van der Waals surface area contributed by atoms with Crippen LogP contribution in [0.2, 0.25) is 0 Å². The first-order chi connectivity index (χ1) is 14.5. The van der Waals surface area contributed by atoms with Gasteiger partial charge in [0.2, 0.25) is 0 Å². The van der Waals surface area contributed by atoms with Crippen LogP contribution in [0.3, 0.4) is 0 Å². The summed E-state index contributed by atoms with van der Waals surface area (Å²) in [6.07, 6.45) is 7.02. The molecule has 0 aromatic heterocycles. The predicted octanol–water partition coefficient (Wildman–Crippen LogP) is 7.48. The van der Waals surface area contributed by atoms with Crippen molar-refractivity contribution in [1.29, 1.82) is 0 Å². The van der Waals surface area contributed by atoms with Gasteiger partial charge in [-0.2, -0.15) is 0 Å². The monoisotopic (exact) mass is 475 g/mol. The van der Waals surface area contributed by atoms with Crippen LogP contribution < -0.4 is 14.8 Å². The maximum absolute atomic E-state index is 12.8. The predicted molar refractivity (Wildman–Crippen MR) is 128 cm³/mol. The van der Waals surface area contributed by atoms with Crippen LogP contribution in [0.5, 0.6) is 11.5 Å². The number of benzene rings is 2. The van der Waals surface area contributed by atoms with Crippen LogP contribution in [-0.4, -0.2) is 19.1 Å². The second-order valence-corrected chi connectivity index (χ2v) is 8.83. The van der Waals surface area contributed by atoms with Crippen LogP contribution in [0.4, 0.5) is 5.69 Å². The number of unbranched alkanes of at least 4 members (excludes halogenated alkanes) is 4. The van der Waals surface area contributed by atoms with Gasteiger partial charge in [-0.15, -0.1) is 0 Å². The third-order valence-corrected chi connectivity index (χ3v) is 5.26. The number of amides is 1. The van der Waals surface area contributed by atoms with Crippen molar-refractivity contribution in [2.24, 2.45) is 5.92 Å². The van der Waals surface area contributed by atoms with E-state index in [4.69, 9.17) is 9.47 Å². The second kappa shape index (κ2) is 13.3. The normalized spacial score (nSPS) is 10.8. The smallest absolute Gasteiger partial charge is 0.259 e. The standard InChI is InChI=1S/C25H34BrNO3/c1-4-5-6-7-8-16-29-22-12-10-21(11-13-22)27-25(28)23-18-20(26)9-14-24(23)30-17-15-19(2)3/h9-14,18-19H,4-8,15-17H2,1-3H3,(H,27,28). The van der Waals surface area contributed by atoms with Crippen molar-refractivity contribution in [1.82, 2.24) is 0 Å². The highest BCUT2D eigenvalue weighted by atomic mass is 79.9. The number of carbonyl (C=O) groups excluding carboxylic acids is 1. The van der Waals surface area contributed by atoms with Crippen molar-refractivity contribution in [3.8, 4) is 11.5 Å². The van der Waals surface area contributed by atoms with Crippen molar-refractivity contribution >= 4 is 27.5 Å². The van der Waals surface area contributed by atoms with Crippen molar-refractivity contribution in [3.05, 3.63) is 52.5 Å². The summed E-state index contributed by atoms with van der Waals surface area (Å²) in [7, 11) is 0. The van der Waals surface area contributed by atoms with Crippen LogP contribution in [0, 0.1) is 5.92 Å². The fourth-order valence-corrected chi connectivity index (χ4v) is 3.30. The fourth-order valence-electron chi connectivity index (χ4n) is 2.94. The highest BCUT2D eigenvalue weighted by Gasteiger charge is 2.14. The lowest BCUT2D eigenvalue weighted by Gasteiger charge is -2.13. The Morgan fingerprint density at radius 1 is 0.967 bits per heavy atom. The molecule has 0 bridgehead atoms. The molecule has 0 saturated carbocycles. The van der Waals surface area contributed by atoms with E-state index in [-0.39, 0.29) is 5.91 Å². The largest absolute Gasteiger partial charge is 0.494 e. The van der Waals surface area contributed by atoms with Crippen molar-refractivity contribution < 1.29 is 14.3 Å². The van der Waals surface area contributed by atoms with Gasteiger partial charge in [0.1, 0.15) is 11.5 Å². The third-order valence-electron chi connectivity index (χ3n) is 4.77. The van der Waals surface area contributed by atoms with Gasteiger partial charge >= 0.3 is 0 Å². The number of rotatable bonds is 13. The summed E-state index contributed by atoms with van der Waals surface area (Å²) in [5.41, 5.74) is 1.24. The second-order valence-electron chi connectivity index (χ2n) is 7.91. The highest BCUT2D eigenvalue weighted by Crippen LogP contribution is 2.25. The Morgan fingerprint density at radius 2 is 1.70 bits per heavy atom. The van der Waals surface area contributed by atoms with Gasteiger partial charge in [0, 0.05) is 10.2 Å². The van der Waals surface area contributed by atoms with E-state index in [9.17, 15) is 4.79 Å². The maximum atomic E-state index is 12.8. The van der Waals surface area contributed by atoms with E-state index >= 15 is 0 Å². The first kappa shape index (κ1) is 24.3. The van der Waals surface area contributed by atoms with Crippen LogP contribution >= 0.6 is 15.9 Å². The Bertz CT molecular complexity index is 774. The molecule has 2 aromatic rings. The number of nitrogens with one attached hydrogen (secondary N) is 1. The summed E-state index contributed by atoms with van der Waals surface area (Å²) < 4.78 is 12.5. The molecule has 1 amide bonds. The van der Waals surface area contributed by atoms with Gasteiger partial charge in [-0.05, 0) is 61.2 Å². The number of carbonyl (C=O) groups is 1. The highest BCUT2D eigenvalue weighted by molar-refractivity contribution is 9.10. The van der Waals surface area contributed by atoms with Crippen molar-refractivity contribution in [2.75, 3.05) is 18.5 Å². The van der Waals surface area contributed by atoms with Crippen molar-refractivity contribution in [2.45, 2.75) is 59.3 Å². The van der Waals surface area contributed by atoms with Gasteiger partial charge in [0.05, 0.1) is 18.8 Å². The number of hydrogen-bond acceptors (Lipinski definition) is 3. The Morgan fingerprint density at radius 3 is 2.40 bits per heavy atom. The first-order valence-corrected chi connectivity index (χ1v) is 11.8. The third kappa shape index (κ3) is 8.78. The molecule has 2 aromatic carbocycles. The molecule has 0 heterocycles. The Kier molecular flexibility index (Phi) is 10.8. The number of hydrogen-bond donors (Lipinski definition) is 1. The summed E-state index contributed by atoms with van der Waals surface area (Å²) in [5, 5.41) is 2.95. The van der Waals surface area contributed by atoms with E-state index in [0.29, 0.717) is 23.8 Å². The molecular weight excluding hydrogens is 442 g/mol. The molecule has 2 rings (SSSR count). The van der Waals surface area contributed by atoms with E-state index in [0.717, 1.165) is 35.4 Å². The van der Waals surface area contributed by atoms with Crippen LogP contribution in [-0.2, 0) is 0 Å². The maximum Gasteiger partial charge on any atom is 0.259 e. The summed E-state index contributed by atoms with van der Waals surface area (Å²) in [6, 6.07) is 13.0. The van der Waals surface area contributed by atoms with E-state index in [1.54, 1.807) is 6.07 Å². The van der Waals surface area contributed by atoms with E-state index in [1.165, 1.54) is 25.7 Å². The van der Waals surface area contributed by atoms with Gasteiger partial charge < -0.3 is 14.8 Å². The van der Waals surface area contributed by atoms with Crippen LogP contribution in [0.25, 0.3) is 0 Å². The Hall–Kier alpha value is -2.01. The number of halogens is 1. The molecule has 0 spiro atoms. The summed E-state index contributed by atoms with van der Waals surface area (Å²) in [6.45, 7) is 7.83. The Labute approximate surface area is 189 Å². The number of ether oxygens (including phenoxy) is 2. The van der Waals surface area contributed by atoms with E-state index in [1.807, 2.05) is 36.4 Å². The molecule has 5 heteroatoms. The summed E-state index contributed by atoms with van der Waals surface area (Å²) in [5.74, 6) is 1.78. The molecule has 0 aliphatic heterocycles. The average molecular weight is 476 g/mol. The fraction of sp³-hybridized carbons (Fsp3) is 0.480. The lowest BCUT2D eigenvalue weighted by Crippen LogP contribution is -2.14. The molecule has 0 fully saturated rings. The zero-order valence-corrected chi connectivity index (χ0v) is 20.0. The minimum absolute atomic E-state index is 0.194. The van der Waals surface area contributed by atoms with Gasteiger partial charge in [-0.1, -0.05) is 62.4 Å². The topological polar surface area (TPSA) is 47.6 Å². The first-order valence-electron chi connectivity index (χ1n) is 11.0. The molecule has 0 radical (unpaired) electrons. The molecule has 0 aliphatic rings. The van der Waals surface area contributed by atoms with Crippen molar-refractivity contribution in [3.63, 3.8) is 0 Å². The molecule has 0 unspecified atom stereocenters. The molecule has 0 saturated heterocycles. The molecule has 30 heavy (non-hydrogen) atoms. The molecule has 164 valence electrons. The van der Waals surface area contributed by atoms with E-state index in [2.05, 4.69) is 42.0 Å². The minimum Gasteiger partial charge on any atom is -0.494 e. The quantitative estimate of drug-likeness (QED) is 0.305. The summed E-state index contributed by atoms with van der Waals surface area (Å²) >= 11 is 3.44. The summed E-state index contributed by atoms with van der Waals surface area (Å²) in [4.78, 5) is 12.8. The molecule has 0 atom stereocenters. The molecule has 1 N–H and O–H groups in total. The van der Waals surface area contributed by atoms with Crippen LogP contribution in [0.15, 0.2) is 46.9 Å². The van der Waals surface area contributed by atoms with Gasteiger partial charge in [-0.25, -0.2) is 0 Å². The zero-order chi connectivity index (χ0) is 21.8. The molecular formula is C25H34BrNO3. The van der Waals surface area contributed by atoms with Gasteiger partial charge in [0.15, 0.2) is 0 Å². The van der Waals surface area contributed by atoms with Crippen LogP contribution in [0.1, 0.15) is 69.7 Å². The number of anilines is 1. The molecule has 4 nitrogen and oxygen atoms in total. The van der Waals surface area contributed by atoms with Gasteiger partial charge in [-0.3, -0.25) is 4.79 Å². The minimum atomic E-state index is -0.194. The molecule has 0 aliphatic carbocycles. The Balaban J connectivity index is 1.90. The van der Waals surface area contributed by atoms with E-state index < -0.39 is 0 Å². The SMILES string of the molecule is CCCCCCCOc1ccc(NC(=O)c2cc(Br)ccc2OCCC(C)C)cc1. The average Bonchev–Trinajstić information content (AvgIpc) is 2.72. The lowest BCUT2D eigenvalue weighted by molar-refractivity contribution is 0.102. The zero-order valence-electron chi connectivity index (χ0n) is 18.4.